The summed E-state index contributed by atoms with van der Waals surface area (Å²) in [7, 11) is 0. The summed E-state index contributed by atoms with van der Waals surface area (Å²) in [4.78, 5) is 10.9. The van der Waals surface area contributed by atoms with Crippen molar-refractivity contribution in [2.45, 2.75) is 6.18 Å². The molecule has 2 aromatic rings. The fourth-order valence-electron chi connectivity index (χ4n) is 1.73. The van der Waals surface area contributed by atoms with Crippen molar-refractivity contribution in [3.05, 3.63) is 70.8 Å². The van der Waals surface area contributed by atoms with Crippen molar-refractivity contribution in [2.24, 2.45) is 5.73 Å². The highest BCUT2D eigenvalue weighted by atomic mass is 19.4. The Balaban J connectivity index is 2.12. The normalized spacial score (nSPS) is 11.8. The SMILES string of the molecule is NC(=O)c1ccc(C=Cc2ccc(C(F)(F)F)cc2)cc1. The maximum atomic E-state index is 12.4. The lowest BCUT2D eigenvalue weighted by Crippen LogP contribution is -2.10. The molecule has 0 radical (unpaired) electrons. The largest absolute Gasteiger partial charge is 0.416 e. The van der Waals surface area contributed by atoms with E-state index in [1.807, 2.05) is 0 Å². The van der Waals surface area contributed by atoms with E-state index in [0.29, 0.717) is 11.1 Å². The van der Waals surface area contributed by atoms with Gasteiger partial charge in [0.1, 0.15) is 0 Å². The van der Waals surface area contributed by atoms with Gasteiger partial charge in [-0.15, -0.1) is 0 Å². The van der Waals surface area contributed by atoms with Gasteiger partial charge in [-0.25, -0.2) is 0 Å². The van der Waals surface area contributed by atoms with Crippen LogP contribution in [0.15, 0.2) is 48.5 Å². The monoisotopic (exact) mass is 291 g/mol. The van der Waals surface area contributed by atoms with Gasteiger partial charge in [-0.1, -0.05) is 36.4 Å². The average molecular weight is 291 g/mol. The Morgan fingerprint density at radius 2 is 1.29 bits per heavy atom. The van der Waals surface area contributed by atoms with E-state index in [2.05, 4.69) is 0 Å². The van der Waals surface area contributed by atoms with Crippen LogP contribution < -0.4 is 5.73 Å². The van der Waals surface area contributed by atoms with Crippen molar-refractivity contribution < 1.29 is 18.0 Å². The van der Waals surface area contributed by atoms with Gasteiger partial charge in [0, 0.05) is 5.56 Å². The molecule has 108 valence electrons. The number of primary amides is 1. The summed E-state index contributed by atoms with van der Waals surface area (Å²) in [6.45, 7) is 0. The third-order valence-corrected chi connectivity index (χ3v) is 2.90. The third kappa shape index (κ3) is 3.95. The van der Waals surface area contributed by atoms with Gasteiger partial charge in [-0.3, -0.25) is 4.79 Å². The highest BCUT2D eigenvalue weighted by Crippen LogP contribution is 2.29. The first-order valence-corrected chi connectivity index (χ1v) is 6.11. The second-order valence-corrected chi connectivity index (χ2v) is 4.44. The minimum absolute atomic E-state index is 0.404. The lowest BCUT2D eigenvalue weighted by molar-refractivity contribution is -0.137. The Kier molecular flexibility index (Phi) is 4.12. The van der Waals surface area contributed by atoms with E-state index in [-0.39, 0.29) is 0 Å². The molecule has 1 amide bonds. The molecule has 0 atom stereocenters. The summed E-state index contributed by atoms with van der Waals surface area (Å²) >= 11 is 0. The molecule has 0 saturated carbocycles. The summed E-state index contributed by atoms with van der Waals surface area (Å²) in [5.41, 5.74) is 6.33. The summed E-state index contributed by atoms with van der Waals surface area (Å²) < 4.78 is 37.3. The van der Waals surface area contributed by atoms with Gasteiger partial charge in [-0.05, 0) is 35.4 Å². The molecule has 0 saturated heterocycles. The Hall–Kier alpha value is -2.56. The predicted molar refractivity (Wildman–Crippen MR) is 75.3 cm³/mol. The minimum atomic E-state index is -4.33. The molecule has 0 aromatic heterocycles. The number of hydrogen-bond acceptors (Lipinski definition) is 1. The number of benzene rings is 2. The second kappa shape index (κ2) is 5.83. The van der Waals surface area contributed by atoms with E-state index in [9.17, 15) is 18.0 Å². The van der Waals surface area contributed by atoms with Crippen LogP contribution in [0.3, 0.4) is 0 Å². The van der Waals surface area contributed by atoms with Gasteiger partial charge < -0.3 is 5.73 Å². The molecule has 0 bridgehead atoms. The van der Waals surface area contributed by atoms with Crippen LogP contribution in [-0.4, -0.2) is 5.91 Å². The van der Waals surface area contributed by atoms with E-state index in [1.165, 1.54) is 12.1 Å². The van der Waals surface area contributed by atoms with Crippen molar-refractivity contribution in [2.75, 3.05) is 0 Å². The van der Waals surface area contributed by atoms with Gasteiger partial charge in [0.15, 0.2) is 0 Å². The van der Waals surface area contributed by atoms with Crippen LogP contribution in [0.4, 0.5) is 13.2 Å². The summed E-state index contributed by atoms with van der Waals surface area (Å²) in [6.07, 6.45) is -0.889. The fraction of sp³-hybridized carbons (Fsp3) is 0.0625. The highest BCUT2D eigenvalue weighted by Gasteiger charge is 2.29. The molecule has 0 aliphatic carbocycles. The Morgan fingerprint density at radius 3 is 1.67 bits per heavy atom. The standard InChI is InChI=1S/C16H12F3NO/c17-16(18,19)14-9-5-12(6-10-14)2-1-11-3-7-13(8-4-11)15(20)21/h1-10H,(H2,20,21). The molecule has 2 nitrogen and oxygen atoms in total. The first-order valence-electron chi connectivity index (χ1n) is 6.11. The summed E-state index contributed by atoms with van der Waals surface area (Å²) in [5, 5.41) is 0. The van der Waals surface area contributed by atoms with Crippen LogP contribution in [0.25, 0.3) is 12.2 Å². The number of amides is 1. The first-order chi connectivity index (χ1) is 9.86. The number of alkyl halides is 3. The van der Waals surface area contributed by atoms with Gasteiger partial charge in [0.25, 0.3) is 0 Å². The Bertz CT molecular complexity index is 655. The molecule has 2 N–H and O–H groups in total. The zero-order chi connectivity index (χ0) is 15.5. The molecule has 0 aliphatic rings. The van der Waals surface area contributed by atoms with Crippen molar-refractivity contribution in [1.29, 1.82) is 0 Å². The Morgan fingerprint density at radius 1 is 0.857 bits per heavy atom. The van der Waals surface area contributed by atoms with E-state index in [0.717, 1.165) is 17.7 Å². The fourth-order valence-corrected chi connectivity index (χ4v) is 1.73. The third-order valence-electron chi connectivity index (χ3n) is 2.90. The molecule has 0 fully saturated rings. The van der Waals surface area contributed by atoms with Gasteiger partial charge in [-0.2, -0.15) is 13.2 Å². The van der Waals surface area contributed by atoms with Gasteiger partial charge >= 0.3 is 6.18 Å². The molecule has 0 aliphatic heterocycles. The summed E-state index contributed by atoms with van der Waals surface area (Å²) in [6, 6.07) is 11.5. The van der Waals surface area contributed by atoms with Crippen molar-refractivity contribution in [3.8, 4) is 0 Å². The lowest BCUT2D eigenvalue weighted by atomic mass is 10.1. The number of carbonyl (C=O) groups is 1. The predicted octanol–water partition coefficient (Wildman–Crippen LogP) is 3.97. The smallest absolute Gasteiger partial charge is 0.366 e. The van der Waals surface area contributed by atoms with Gasteiger partial charge in [0.05, 0.1) is 5.56 Å². The quantitative estimate of drug-likeness (QED) is 0.854. The number of nitrogens with two attached hydrogens (primary N) is 1. The number of rotatable bonds is 3. The maximum absolute atomic E-state index is 12.4. The minimum Gasteiger partial charge on any atom is -0.366 e. The van der Waals surface area contributed by atoms with E-state index < -0.39 is 17.6 Å². The number of hydrogen-bond donors (Lipinski definition) is 1. The van der Waals surface area contributed by atoms with Crippen LogP contribution in [0.2, 0.25) is 0 Å². The maximum Gasteiger partial charge on any atom is 0.416 e. The van der Waals surface area contributed by atoms with Gasteiger partial charge in [0.2, 0.25) is 5.91 Å². The number of carbonyl (C=O) groups excluding carboxylic acids is 1. The van der Waals surface area contributed by atoms with Crippen molar-refractivity contribution >= 4 is 18.1 Å². The van der Waals surface area contributed by atoms with Crippen LogP contribution >= 0.6 is 0 Å². The molecule has 0 heterocycles. The molecular weight excluding hydrogens is 279 g/mol. The van der Waals surface area contributed by atoms with Crippen molar-refractivity contribution in [1.82, 2.24) is 0 Å². The van der Waals surface area contributed by atoms with E-state index in [4.69, 9.17) is 5.73 Å². The lowest BCUT2D eigenvalue weighted by Gasteiger charge is -2.05. The molecule has 0 unspecified atom stereocenters. The highest BCUT2D eigenvalue weighted by molar-refractivity contribution is 5.93. The van der Waals surface area contributed by atoms with Crippen LogP contribution in [-0.2, 0) is 6.18 Å². The van der Waals surface area contributed by atoms with Crippen LogP contribution in [0, 0.1) is 0 Å². The van der Waals surface area contributed by atoms with Crippen LogP contribution in [0.5, 0.6) is 0 Å². The average Bonchev–Trinajstić information content (AvgIpc) is 2.45. The zero-order valence-electron chi connectivity index (χ0n) is 10.9. The van der Waals surface area contributed by atoms with E-state index in [1.54, 1.807) is 36.4 Å². The zero-order valence-corrected chi connectivity index (χ0v) is 10.9. The topological polar surface area (TPSA) is 43.1 Å². The van der Waals surface area contributed by atoms with E-state index >= 15 is 0 Å². The van der Waals surface area contributed by atoms with Crippen LogP contribution in [0.1, 0.15) is 27.0 Å². The van der Waals surface area contributed by atoms with Crippen molar-refractivity contribution in [3.63, 3.8) is 0 Å². The number of halogens is 3. The molecule has 2 rings (SSSR count). The molecular formula is C16H12F3NO. The molecule has 0 spiro atoms. The Labute approximate surface area is 119 Å². The first kappa shape index (κ1) is 14.8. The molecule has 2 aromatic carbocycles. The second-order valence-electron chi connectivity index (χ2n) is 4.44. The molecule has 21 heavy (non-hydrogen) atoms. The summed E-state index contributed by atoms with van der Waals surface area (Å²) in [5.74, 6) is -0.506. The molecule has 5 heteroatoms.